The van der Waals surface area contributed by atoms with E-state index in [-0.39, 0.29) is 24.2 Å². The van der Waals surface area contributed by atoms with E-state index >= 15 is 0 Å². The lowest BCUT2D eigenvalue weighted by Gasteiger charge is -2.27. The normalized spacial score (nSPS) is 19.0. The second kappa shape index (κ2) is 11.7. The second-order valence-corrected chi connectivity index (χ2v) is 8.28. The molecule has 1 aromatic carbocycles. The minimum atomic E-state index is -0.426. The standard InChI is InChI=1S/C21H30N2O4S/c1-2-3-6-15-9-11-16(12-10-15)21(26)27-13-20(25)23-17-7-4-5-8-18(17)28-14-19(22)24/h4-5,7-8,15-16H,2-3,6,9-14H2,1H3,(H2,22,24)(H,23,25). The van der Waals surface area contributed by atoms with E-state index in [1.807, 2.05) is 6.07 Å². The number of ether oxygens (including phenoxy) is 1. The fourth-order valence-corrected chi connectivity index (χ4v) is 4.21. The third-order valence-corrected chi connectivity index (χ3v) is 6.12. The van der Waals surface area contributed by atoms with Crippen molar-refractivity contribution in [2.24, 2.45) is 17.6 Å². The molecule has 0 saturated heterocycles. The maximum Gasteiger partial charge on any atom is 0.309 e. The number of hydrogen-bond acceptors (Lipinski definition) is 5. The fourth-order valence-electron chi connectivity index (χ4n) is 3.47. The number of carbonyl (C=O) groups excluding carboxylic acids is 3. The summed E-state index contributed by atoms with van der Waals surface area (Å²) in [6.07, 6.45) is 7.53. The molecule has 0 bridgehead atoms. The van der Waals surface area contributed by atoms with Crippen LogP contribution in [0, 0.1) is 11.8 Å². The molecule has 1 fully saturated rings. The van der Waals surface area contributed by atoms with Crippen LogP contribution in [-0.4, -0.2) is 30.1 Å². The summed E-state index contributed by atoms with van der Waals surface area (Å²) in [5.74, 6) is -0.337. The number of para-hydroxylation sites is 1. The van der Waals surface area contributed by atoms with E-state index in [0.717, 1.165) is 36.5 Å². The van der Waals surface area contributed by atoms with Crippen LogP contribution in [0.5, 0.6) is 0 Å². The van der Waals surface area contributed by atoms with Gasteiger partial charge in [-0.1, -0.05) is 38.3 Å². The van der Waals surface area contributed by atoms with Gasteiger partial charge in [-0.05, 0) is 43.7 Å². The third kappa shape index (κ3) is 7.54. The number of hydrogen-bond donors (Lipinski definition) is 2. The topological polar surface area (TPSA) is 98.5 Å². The Hall–Kier alpha value is -2.02. The molecule has 2 rings (SSSR count). The van der Waals surface area contributed by atoms with Gasteiger partial charge in [-0.2, -0.15) is 0 Å². The van der Waals surface area contributed by atoms with Gasteiger partial charge in [0, 0.05) is 4.90 Å². The number of nitrogens with two attached hydrogens (primary N) is 1. The summed E-state index contributed by atoms with van der Waals surface area (Å²) in [6.45, 7) is 1.90. The van der Waals surface area contributed by atoms with Crippen molar-refractivity contribution in [3.8, 4) is 0 Å². The molecule has 2 amide bonds. The molecule has 0 unspecified atom stereocenters. The maximum absolute atomic E-state index is 12.3. The number of benzene rings is 1. The third-order valence-electron chi connectivity index (χ3n) is 5.02. The summed E-state index contributed by atoms with van der Waals surface area (Å²) in [7, 11) is 0. The van der Waals surface area contributed by atoms with Crippen molar-refractivity contribution in [1.82, 2.24) is 0 Å². The smallest absolute Gasteiger partial charge is 0.309 e. The highest BCUT2D eigenvalue weighted by molar-refractivity contribution is 8.00. The molecule has 154 valence electrons. The number of rotatable bonds is 10. The molecule has 6 nitrogen and oxygen atoms in total. The number of unbranched alkanes of at least 4 members (excludes halogenated alkanes) is 1. The van der Waals surface area contributed by atoms with E-state index in [2.05, 4.69) is 12.2 Å². The van der Waals surface area contributed by atoms with E-state index in [0.29, 0.717) is 5.69 Å². The average molecular weight is 407 g/mol. The minimum Gasteiger partial charge on any atom is -0.455 e. The Balaban J connectivity index is 1.75. The summed E-state index contributed by atoms with van der Waals surface area (Å²) in [6, 6.07) is 7.13. The molecule has 1 aromatic rings. The summed E-state index contributed by atoms with van der Waals surface area (Å²) >= 11 is 1.25. The van der Waals surface area contributed by atoms with Gasteiger partial charge < -0.3 is 15.8 Å². The van der Waals surface area contributed by atoms with Crippen molar-refractivity contribution >= 4 is 35.2 Å². The zero-order valence-corrected chi connectivity index (χ0v) is 17.3. The molecule has 1 aliphatic rings. The average Bonchev–Trinajstić information content (AvgIpc) is 2.70. The van der Waals surface area contributed by atoms with Crippen molar-refractivity contribution in [1.29, 1.82) is 0 Å². The van der Waals surface area contributed by atoms with Crippen LogP contribution in [-0.2, 0) is 19.1 Å². The number of carbonyl (C=O) groups is 3. The number of primary amides is 1. The predicted octanol–water partition coefficient (Wildman–Crippen LogP) is 3.74. The Labute approximate surface area is 171 Å². The Kier molecular flexibility index (Phi) is 9.34. The van der Waals surface area contributed by atoms with Crippen LogP contribution < -0.4 is 11.1 Å². The molecule has 1 saturated carbocycles. The first-order chi connectivity index (χ1) is 13.5. The molecular formula is C21H30N2O4S. The Bertz CT molecular complexity index is 672. The monoisotopic (exact) mass is 406 g/mol. The van der Waals surface area contributed by atoms with Crippen molar-refractivity contribution in [2.75, 3.05) is 17.7 Å². The lowest BCUT2D eigenvalue weighted by atomic mass is 9.80. The summed E-state index contributed by atoms with van der Waals surface area (Å²) in [5, 5.41) is 2.73. The van der Waals surface area contributed by atoms with Crippen LogP contribution in [0.4, 0.5) is 5.69 Å². The summed E-state index contributed by atoms with van der Waals surface area (Å²) < 4.78 is 5.24. The Morgan fingerprint density at radius 3 is 2.57 bits per heavy atom. The first-order valence-electron chi connectivity index (χ1n) is 9.96. The predicted molar refractivity (Wildman–Crippen MR) is 111 cm³/mol. The first kappa shape index (κ1) is 22.3. The van der Waals surface area contributed by atoms with Crippen LogP contribution >= 0.6 is 11.8 Å². The summed E-state index contributed by atoms with van der Waals surface area (Å²) in [5.41, 5.74) is 5.75. The molecule has 0 aliphatic heterocycles. The zero-order chi connectivity index (χ0) is 20.4. The molecule has 7 heteroatoms. The number of thioether (sulfide) groups is 1. The molecule has 1 aliphatic carbocycles. The van der Waals surface area contributed by atoms with Crippen molar-refractivity contribution in [3.63, 3.8) is 0 Å². The lowest BCUT2D eigenvalue weighted by molar-refractivity contribution is -0.152. The zero-order valence-electron chi connectivity index (χ0n) is 16.4. The Morgan fingerprint density at radius 1 is 1.18 bits per heavy atom. The molecule has 0 atom stereocenters. The van der Waals surface area contributed by atoms with Gasteiger partial charge in [0.2, 0.25) is 5.91 Å². The molecule has 0 aromatic heterocycles. The molecular weight excluding hydrogens is 376 g/mol. The molecule has 0 radical (unpaired) electrons. The van der Waals surface area contributed by atoms with Crippen LogP contribution in [0.1, 0.15) is 51.9 Å². The highest BCUT2D eigenvalue weighted by Gasteiger charge is 2.27. The second-order valence-electron chi connectivity index (χ2n) is 7.27. The largest absolute Gasteiger partial charge is 0.455 e. The SMILES string of the molecule is CCCCC1CCC(C(=O)OCC(=O)Nc2ccccc2SCC(N)=O)CC1. The first-order valence-corrected chi connectivity index (χ1v) is 10.9. The van der Waals surface area contributed by atoms with Crippen molar-refractivity contribution < 1.29 is 19.1 Å². The lowest BCUT2D eigenvalue weighted by Crippen LogP contribution is -2.27. The summed E-state index contributed by atoms with van der Waals surface area (Å²) in [4.78, 5) is 36.1. The van der Waals surface area contributed by atoms with Crippen molar-refractivity contribution in [2.45, 2.75) is 56.8 Å². The number of nitrogens with one attached hydrogen (secondary N) is 1. The van der Waals surface area contributed by atoms with Crippen molar-refractivity contribution in [3.05, 3.63) is 24.3 Å². The number of esters is 1. The van der Waals surface area contributed by atoms with E-state index in [1.165, 1.54) is 31.0 Å². The van der Waals surface area contributed by atoms with Crippen LogP contribution in [0.15, 0.2) is 29.2 Å². The van der Waals surface area contributed by atoms with Crippen LogP contribution in [0.3, 0.4) is 0 Å². The van der Waals surface area contributed by atoms with Gasteiger partial charge in [0.05, 0.1) is 17.4 Å². The highest BCUT2D eigenvalue weighted by Crippen LogP contribution is 2.32. The van der Waals surface area contributed by atoms with Crippen LogP contribution in [0.25, 0.3) is 0 Å². The maximum atomic E-state index is 12.3. The van der Waals surface area contributed by atoms with Gasteiger partial charge >= 0.3 is 5.97 Å². The molecule has 28 heavy (non-hydrogen) atoms. The van der Waals surface area contributed by atoms with Gasteiger partial charge in [0.15, 0.2) is 6.61 Å². The molecule has 0 spiro atoms. The minimum absolute atomic E-state index is 0.0934. The van der Waals surface area contributed by atoms with Gasteiger partial charge in [-0.15, -0.1) is 11.8 Å². The van der Waals surface area contributed by atoms with Gasteiger partial charge in [-0.3, -0.25) is 14.4 Å². The van der Waals surface area contributed by atoms with E-state index < -0.39 is 11.8 Å². The van der Waals surface area contributed by atoms with E-state index in [4.69, 9.17) is 10.5 Å². The number of amides is 2. The van der Waals surface area contributed by atoms with Gasteiger partial charge in [-0.25, -0.2) is 0 Å². The quantitative estimate of drug-likeness (QED) is 0.455. The van der Waals surface area contributed by atoms with Gasteiger partial charge in [0.1, 0.15) is 0 Å². The molecule has 0 heterocycles. The van der Waals surface area contributed by atoms with Crippen LogP contribution in [0.2, 0.25) is 0 Å². The van der Waals surface area contributed by atoms with Gasteiger partial charge in [0.25, 0.3) is 5.91 Å². The number of anilines is 1. The van der Waals surface area contributed by atoms with E-state index in [9.17, 15) is 14.4 Å². The van der Waals surface area contributed by atoms with E-state index in [1.54, 1.807) is 18.2 Å². The molecule has 3 N–H and O–H groups in total. The highest BCUT2D eigenvalue weighted by atomic mass is 32.2. The fraction of sp³-hybridized carbons (Fsp3) is 0.571. The Morgan fingerprint density at radius 2 is 1.89 bits per heavy atom.